The number of hydrogen-bond acceptors (Lipinski definition) is 2. The normalized spacial score (nSPS) is 10.1. The lowest BCUT2D eigenvalue weighted by atomic mass is 10.1. The van der Waals surface area contributed by atoms with Crippen molar-refractivity contribution in [2.45, 2.75) is 6.42 Å². The highest BCUT2D eigenvalue weighted by Gasteiger charge is 1.97. The van der Waals surface area contributed by atoms with Crippen LogP contribution in [-0.4, -0.2) is 9.97 Å². The Bertz CT molecular complexity index is 415. The second-order valence-electron chi connectivity index (χ2n) is 3.05. The summed E-state index contributed by atoms with van der Waals surface area (Å²) in [6, 6.07) is 5.88. The van der Waals surface area contributed by atoms with Gasteiger partial charge in [0.25, 0.3) is 0 Å². The number of pyridine rings is 2. The molecule has 0 aromatic carbocycles. The molecule has 0 amide bonds. The fourth-order valence-corrected chi connectivity index (χ4v) is 1.49. The monoisotopic (exact) mass is 204 g/mol. The van der Waals surface area contributed by atoms with Gasteiger partial charge in [-0.25, -0.2) is 0 Å². The van der Waals surface area contributed by atoms with Gasteiger partial charge in [-0.05, 0) is 23.3 Å². The molecular weight excluding hydrogens is 196 g/mol. The minimum absolute atomic E-state index is 0.673. The quantitative estimate of drug-likeness (QED) is 0.752. The lowest BCUT2D eigenvalue weighted by molar-refractivity contribution is 1.12. The highest BCUT2D eigenvalue weighted by Crippen LogP contribution is 2.12. The Morgan fingerprint density at radius 2 is 1.93 bits per heavy atom. The predicted molar refractivity (Wildman–Crippen MR) is 56.3 cm³/mol. The van der Waals surface area contributed by atoms with Crippen LogP contribution >= 0.6 is 11.6 Å². The Morgan fingerprint density at radius 3 is 2.64 bits per heavy atom. The Labute approximate surface area is 87.6 Å². The molecule has 2 aromatic heterocycles. The third-order valence-corrected chi connectivity index (χ3v) is 2.10. The van der Waals surface area contributed by atoms with E-state index < -0.39 is 0 Å². The lowest BCUT2D eigenvalue weighted by Gasteiger charge is -2.00. The lowest BCUT2D eigenvalue weighted by Crippen LogP contribution is -1.89. The minimum Gasteiger partial charge on any atom is -0.264 e. The van der Waals surface area contributed by atoms with Crippen LogP contribution in [0.3, 0.4) is 0 Å². The van der Waals surface area contributed by atoms with Gasteiger partial charge in [-0.1, -0.05) is 17.7 Å². The van der Waals surface area contributed by atoms with Gasteiger partial charge in [0.05, 0.1) is 5.02 Å². The van der Waals surface area contributed by atoms with Crippen LogP contribution in [0.1, 0.15) is 11.1 Å². The van der Waals surface area contributed by atoms with Crippen LogP contribution in [0.4, 0.5) is 0 Å². The summed E-state index contributed by atoms with van der Waals surface area (Å²) >= 11 is 5.83. The van der Waals surface area contributed by atoms with E-state index in [4.69, 9.17) is 11.6 Å². The molecule has 0 saturated carbocycles. The van der Waals surface area contributed by atoms with Gasteiger partial charge in [-0.3, -0.25) is 9.97 Å². The number of aromatic nitrogens is 2. The summed E-state index contributed by atoms with van der Waals surface area (Å²) in [7, 11) is 0. The predicted octanol–water partition coefficient (Wildman–Crippen LogP) is 2.72. The number of hydrogen-bond donors (Lipinski definition) is 0. The summed E-state index contributed by atoms with van der Waals surface area (Å²) in [5.41, 5.74) is 2.27. The van der Waals surface area contributed by atoms with Crippen molar-refractivity contribution in [2.24, 2.45) is 0 Å². The maximum absolute atomic E-state index is 5.83. The van der Waals surface area contributed by atoms with E-state index in [1.165, 1.54) is 0 Å². The molecule has 2 nitrogen and oxygen atoms in total. The van der Waals surface area contributed by atoms with Crippen molar-refractivity contribution in [2.75, 3.05) is 0 Å². The molecule has 0 aliphatic heterocycles. The third kappa shape index (κ3) is 2.30. The smallest absolute Gasteiger partial charge is 0.0592 e. The molecule has 14 heavy (non-hydrogen) atoms. The number of nitrogens with zero attached hydrogens (tertiary/aromatic N) is 2. The van der Waals surface area contributed by atoms with Crippen LogP contribution in [0.25, 0.3) is 0 Å². The molecule has 3 heteroatoms. The first kappa shape index (κ1) is 9.16. The third-order valence-electron chi connectivity index (χ3n) is 1.89. The van der Waals surface area contributed by atoms with Crippen molar-refractivity contribution in [1.82, 2.24) is 9.97 Å². The topological polar surface area (TPSA) is 25.8 Å². The number of rotatable bonds is 2. The van der Waals surface area contributed by atoms with E-state index in [0.29, 0.717) is 5.02 Å². The largest absolute Gasteiger partial charge is 0.264 e. The van der Waals surface area contributed by atoms with Crippen molar-refractivity contribution >= 4 is 11.6 Å². The molecule has 0 spiro atoms. The first-order valence-electron chi connectivity index (χ1n) is 4.33. The molecule has 0 aliphatic rings. The summed E-state index contributed by atoms with van der Waals surface area (Å²) in [5, 5.41) is 0.673. The van der Waals surface area contributed by atoms with Crippen LogP contribution in [0.5, 0.6) is 0 Å². The van der Waals surface area contributed by atoms with Crippen molar-refractivity contribution in [3.05, 3.63) is 59.1 Å². The van der Waals surface area contributed by atoms with E-state index >= 15 is 0 Å². The summed E-state index contributed by atoms with van der Waals surface area (Å²) in [6.07, 6.45) is 7.88. The molecular formula is C11H9ClN2. The highest BCUT2D eigenvalue weighted by atomic mass is 35.5. The van der Waals surface area contributed by atoms with E-state index in [-0.39, 0.29) is 0 Å². The standard InChI is InChI=1S/C11H9ClN2/c12-11-5-10(7-14-8-11)4-9-2-1-3-13-6-9/h1-3,5-8H,4H2. The van der Waals surface area contributed by atoms with Gasteiger partial charge < -0.3 is 0 Å². The van der Waals surface area contributed by atoms with E-state index in [1.807, 2.05) is 30.6 Å². The van der Waals surface area contributed by atoms with Gasteiger partial charge in [-0.2, -0.15) is 0 Å². The maximum Gasteiger partial charge on any atom is 0.0592 e. The zero-order valence-corrected chi connectivity index (χ0v) is 8.28. The molecule has 0 saturated heterocycles. The van der Waals surface area contributed by atoms with E-state index in [0.717, 1.165) is 17.5 Å². The van der Waals surface area contributed by atoms with Gasteiger partial charge >= 0.3 is 0 Å². The average Bonchev–Trinajstić information content (AvgIpc) is 2.19. The van der Waals surface area contributed by atoms with Crippen molar-refractivity contribution < 1.29 is 0 Å². The maximum atomic E-state index is 5.83. The first-order valence-corrected chi connectivity index (χ1v) is 4.71. The Morgan fingerprint density at radius 1 is 1.07 bits per heavy atom. The van der Waals surface area contributed by atoms with Gasteiger partial charge in [0, 0.05) is 31.2 Å². The van der Waals surface area contributed by atoms with E-state index in [2.05, 4.69) is 9.97 Å². The van der Waals surface area contributed by atoms with Crippen molar-refractivity contribution in [3.63, 3.8) is 0 Å². The second-order valence-corrected chi connectivity index (χ2v) is 3.49. The van der Waals surface area contributed by atoms with Crippen LogP contribution in [0.2, 0.25) is 5.02 Å². The van der Waals surface area contributed by atoms with Gasteiger partial charge in [0.15, 0.2) is 0 Å². The zero-order valence-electron chi connectivity index (χ0n) is 7.52. The Hall–Kier alpha value is -1.41. The molecule has 0 bridgehead atoms. The summed E-state index contributed by atoms with van der Waals surface area (Å²) in [6.45, 7) is 0. The van der Waals surface area contributed by atoms with Gasteiger partial charge in [-0.15, -0.1) is 0 Å². The van der Waals surface area contributed by atoms with E-state index in [9.17, 15) is 0 Å². The van der Waals surface area contributed by atoms with Gasteiger partial charge in [0.1, 0.15) is 0 Å². The average molecular weight is 205 g/mol. The van der Waals surface area contributed by atoms with Crippen molar-refractivity contribution in [3.8, 4) is 0 Å². The molecule has 0 N–H and O–H groups in total. The van der Waals surface area contributed by atoms with Crippen LogP contribution in [0, 0.1) is 0 Å². The molecule has 0 atom stereocenters. The molecule has 2 heterocycles. The number of halogens is 1. The molecule has 0 radical (unpaired) electrons. The molecule has 0 fully saturated rings. The molecule has 0 unspecified atom stereocenters. The zero-order chi connectivity index (χ0) is 9.80. The minimum atomic E-state index is 0.673. The summed E-state index contributed by atoms with van der Waals surface area (Å²) in [5.74, 6) is 0. The Balaban J connectivity index is 2.19. The highest BCUT2D eigenvalue weighted by molar-refractivity contribution is 6.30. The van der Waals surface area contributed by atoms with Crippen molar-refractivity contribution in [1.29, 1.82) is 0 Å². The molecule has 70 valence electrons. The SMILES string of the molecule is Clc1cncc(Cc2cccnc2)c1. The molecule has 0 aliphatic carbocycles. The fraction of sp³-hybridized carbons (Fsp3) is 0.0909. The Kier molecular flexibility index (Phi) is 2.75. The van der Waals surface area contributed by atoms with E-state index in [1.54, 1.807) is 12.4 Å². The molecule has 2 aromatic rings. The molecule has 2 rings (SSSR count). The summed E-state index contributed by atoms with van der Waals surface area (Å²) < 4.78 is 0. The van der Waals surface area contributed by atoms with Gasteiger partial charge in [0.2, 0.25) is 0 Å². The van der Waals surface area contributed by atoms with Crippen LogP contribution < -0.4 is 0 Å². The van der Waals surface area contributed by atoms with Crippen LogP contribution in [0.15, 0.2) is 43.0 Å². The fourth-order valence-electron chi connectivity index (χ4n) is 1.29. The summed E-state index contributed by atoms with van der Waals surface area (Å²) in [4.78, 5) is 8.08. The first-order chi connectivity index (χ1) is 6.84. The second kappa shape index (κ2) is 4.20. The van der Waals surface area contributed by atoms with Crippen LogP contribution in [-0.2, 0) is 6.42 Å².